The molecule has 0 aliphatic rings. The standard InChI is InChI=1S/C8H3BF6.3HI.V/c9-6-2-4(7(10,11)12)1-5(3-6)8(13,14)15;;;;/h1-3H;3*1H;/q;;;;+3/p-3. The van der Waals surface area contributed by atoms with Crippen molar-refractivity contribution in [1.29, 1.82) is 0 Å². The molecule has 0 nitrogen and oxygen atoms in total. The number of hydrogen-bond donors (Lipinski definition) is 0. The van der Waals surface area contributed by atoms with Gasteiger partial charge in [-0.15, -0.1) is 0 Å². The third-order valence-electron chi connectivity index (χ3n) is 1.61. The molecule has 0 spiro atoms. The molecule has 2 radical (unpaired) electrons. The van der Waals surface area contributed by atoms with E-state index in [1.807, 2.05) is 0 Å². The summed E-state index contributed by atoms with van der Waals surface area (Å²) in [6.45, 7) is 0. The Balaban J connectivity index is 0.000000711. The third kappa shape index (κ3) is 9.30. The van der Waals surface area contributed by atoms with Crippen LogP contribution in [0.15, 0.2) is 18.2 Å². The van der Waals surface area contributed by atoms with E-state index >= 15 is 0 Å². The van der Waals surface area contributed by atoms with Gasteiger partial charge in [-0.25, -0.2) is 0 Å². The van der Waals surface area contributed by atoms with E-state index < -0.39 is 28.9 Å². The summed E-state index contributed by atoms with van der Waals surface area (Å²) in [6.07, 6.45) is -9.68. The second-order valence-corrected chi connectivity index (χ2v) is 38.4. The van der Waals surface area contributed by atoms with E-state index in [1.165, 1.54) is 0 Å². The van der Waals surface area contributed by atoms with Crippen LogP contribution in [-0.4, -0.2) is 7.85 Å². The van der Waals surface area contributed by atoms with Gasteiger partial charge >= 0.3 is 77.2 Å². The van der Waals surface area contributed by atoms with Crippen molar-refractivity contribution in [2.45, 2.75) is 12.4 Å². The summed E-state index contributed by atoms with van der Waals surface area (Å²) in [4.78, 5) is -0.278. The minimum absolute atomic E-state index is 0.0242. The minimum atomic E-state index is -4.84. The van der Waals surface area contributed by atoms with Crippen molar-refractivity contribution >= 4 is 73.2 Å². The Kier molecular flexibility index (Phi) is 9.04. The number of rotatable bonds is 0. The van der Waals surface area contributed by atoms with Gasteiger partial charge in [0.05, 0.1) is 11.1 Å². The van der Waals surface area contributed by atoms with Gasteiger partial charge in [-0.2, -0.15) is 26.3 Å². The van der Waals surface area contributed by atoms with Crippen LogP contribution in [0.25, 0.3) is 0 Å². The average molecular weight is 656 g/mol. The van der Waals surface area contributed by atoms with E-state index in [0.29, 0.717) is 12.1 Å². The van der Waals surface area contributed by atoms with Crippen LogP contribution in [0.3, 0.4) is 0 Å². The van der Waals surface area contributed by atoms with Crippen molar-refractivity contribution in [2.24, 2.45) is 0 Å². The van der Waals surface area contributed by atoms with E-state index in [-0.39, 0.29) is 11.0 Å². The monoisotopic (exact) mass is 656 g/mol. The topological polar surface area (TPSA) is 0 Å². The SMILES string of the molecule is [B]c1cc(C(F)(F)F)cc(C(F)(F)F)c1.[I][V]([I])[I]. The molecule has 0 saturated heterocycles. The molecule has 0 amide bonds. The van der Waals surface area contributed by atoms with Gasteiger partial charge < -0.3 is 0 Å². The summed E-state index contributed by atoms with van der Waals surface area (Å²) >= 11 is 7.39. The van der Waals surface area contributed by atoms with Crippen LogP contribution in [0.5, 0.6) is 0 Å². The summed E-state index contributed by atoms with van der Waals surface area (Å²) in [5, 5.41) is 0. The predicted molar refractivity (Wildman–Crippen MR) is 83.9 cm³/mol. The van der Waals surface area contributed by atoms with Gasteiger partial charge in [0.1, 0.15) is 7.85 Å². The first-order chi connectivity index (χ1) is 8.34. The Hall–Kier alpha value is 1.64. The Morgan fingerprint density at radius 2 is 1.05 bits per heavy atom. The second kappa shape index (κ2) is 8.32. The molecule has 0 aliphatic carbocycles. The van der Waals surface area contributed by atoms with Gasteiger partial charge in [0.2, 0.25) is 0 Å². The molecule has 1 aromatic rings. The van der Waals surface area contributed by atoms with Crippen molar-refractivity contribution < 1.29 is 31.3 Å². The van der Waals surface area contributed by atoms with Crippen molar-refractivity contribution in [1.82, 2.24) is 0 Å². The quantitative estimate of drug-likeness (QED) is 0.206. The molecule has 0 fully saturated rings. The summed E-state index contributed by atoms with van der Waals surface area (Å²) in [7, 11) is 4.95. The van der Waals surface area contributed by atoms with E-state index in [1.54, 1.807) is 0 Å². The normalized spacial score (nSPS) is 12.1. The molecule has 106 valence electrons. The first-order valence-corrected chi connectivity index (χ1v) is 17.7. The van der Waals surface area contributed by atoms with Crippen LogP contribution in [-0.2, 0) is 17.3 Å². The molecule has 0 heterocycles. The molecule has 11 heteroatoms. The fourth-order valence-electron chi connectivity index (χ4n) is 0.979. The average Bonchev–Trinajstić information content (AvgIpc) is 2.12. The van der Waals surface area contributed by atoms with Gasteiger partial charge in [0.25, 0.3) is 0 Å². The molecule has 0 N–H and O–H groups in total. The zero-order valence-corrected chi connectivity index (χ0v) is 16.5. The maximum atomic E-state index is 12.1. The van der Waals surface area contributed by atoms with Crippen molar-refractivity contribution in [3.05, 3.63) is 29.3 Å². The molecule has 0 aromatic heterocycles. The number of hydrogen-bond acceptors (Lipinski definition) is 0. The molecule has 1 aromatic carbocycles. The van der Waals surface area contributed by atoms with Crippen molar-refractivity contribution in [2.75, 3.05) is 0 Å². The van der Waals surface area contributed by atoms with Crippen LogP contribution < -0.4 is 5.46 Å². The number of benzene rings is 1. The molecule has 0 aliphatic heterocycles. The molecule has 0 bridgehead atoms. The first-order valence-electron chi connectivity index (χ1n) is 4.16. The van der Waals surface area contributed by atoms with Gasteiger partial charge in [-0.1, -0.05) is 17.6 Å². The molecule has 0 unspecified atom stereocenters. The summed E-state index contributed by atoms with van der Waals surface area (Å²) in [5.74, 6) is 0. The van der Waals surface area contributed by atoms with Gasteiger partial charge in [-0.3, -0.25) is 0 Å². The molecular formula is C8H3BF6I3V. The number of alkyl halides is 6. The van der Waals surface area contributed by atoms with Crippen LogP contribution in [0.4, 0.5) is 26.3 Å². The summed E-state index contributed by atoms with van der Waals surface area (Å²) < 4.78 is 72.7. The van der Waals surface area contributed by atoms with Gasteiger partial charge in [0.15, 0.2) is 0 Å². The third-order valence-corrected chi connectivity index (χ3v) is 1.61. The van der Waals surface area contributed by atoms with Crippen LogP contribution in [0.2, 0.25) is 0 Å². The van der Waals surface area contributed by atoms with Crippen LogP contribution in [0.1, 0.15) is 11.1 Å². The fourth-order valence-corrected chi connectivity index (χ4v) is 0.979. The molecule has 1 rings (SSSR count). The zero-order chi connectivity index (χ0) is 15.4. The van der Waals surface area contributed by atoms with E-state index in [0.717, 1.165) is 0 Å². The fraction of sp³-hybridized carbons (Fsp3) is 0.250. The van der Waals surface area contributed by atoms with E-state index in [2.05, 4.69) is 59.9 Å². The summed E-state index contributed by atoms with van der Waals surface area (Å²) in [5.41, 5.74) is -3.39. The molecule has 19 heavy (non-hydrogen) atoms. The molecule has 0 saturated carbocycles. The Morgan fingerprint density at radius 1 is 0.789 bits per heavy atom. The van der Waals surface area contributed by atoms with Gasteiger partial charge in [0, 0.05) is 0 Å². The Labute approximate surface area is 144 Å². The maximum absolute atomic E-state index is 12.1. The zero-order valence-electron chi connectivity index (χ0n) is 8.66. The molecule has 0 atom stereocenters. The first kappa shape index (κ1) is 20.6. The van der Waals surface area contributed by atoms with Gasteiger partial charge in [-0.05, 0) is 6.07 Å². The number of halogens is 9. The predicted octanol–water partition coefficient (Wildman–Crippen LogP) is 5.17. The summed E-state index contributed by atoms with van der Waals surface area (Å²) in [6, 6.07) is 0.931. The van der Waals surface area contributed by atoms with E-state index in [4.69, 9.17) is 7.85 Å². The van der Waals surface area contributed by atoms with E-state index in [9.17, 15) is 26.3 Å². The van der Waals surface area contributed by atoms with Crippen LogP contribution >= 0.6 is 59.9 Å². The second-order valence-electron chi connectivity index (χ2n) is 3.03. The van der Waals surface area contributed by atoms with Crippen LogP contribution in [0, 0.1) is 0 Å². The molecular weight excluding hydrogens is 653 g/mol. The Morgan fingerprint density at radius 3 is 1.26 bits per heavy atom. The Bertz CT molecular complexity index is 385. The van der Waals surface area contributed by atoms with Crippen molar-refractivity contribution in [3.63, 3.8) is 0 Å². The van der Waals surface area contributed by atoms with Crippen molar-refractivity contribution in [3.8, 4) is 0 Å².